The minimum Gasteiger partial charge on any atom is -0.325 e. The zero-order chi connectivity index (χ0) is 20.1. The zero-order valence-electron chi connectivity index (χ0n) is 15.2. The van der Waals surface area contributed by atoms with Crippen LogP contribution in [0.1, 0.15) is 5.56 Å². The molecule has 5 nitrogen and oxygen atoms in total. The molecule has 0 unspecified atom stereocenters. The van der Waals surface area contributed by atoms with Gasteiger partial charge in [-0.2, -0.15) is 0 Å². The SMILES string of the molecule is Cc1ccc(S(=O)(=O)N(CC(=O)Nc2ccccc2)c2ccccc2Cl)cc1. The molecule has 0 heterocycles. The van der Waals surface area contributed by atoms with Gasteiger partial charge in [-0.15, -0.1) is 0 Å². The number of carbonyl (C=O) groups is 1. The third-order valence-corrected chi connectivity index (χ3v) is 6.17. The van der Waals surface area contributed by atoms with Crippen LogP contribution >= 0.6 is 11.6 Å². The maximum Gasteiger partial charge on any atom is 0.264 e. The molecule has 144 valence electrons. The highest BCUT2D eigenvalue weighted by Crippen LogP contribution is 2.30. The monoisotopic (exact) mass is 414 g/mol. The van der Waals surface area contributed by atoms with Gasteiger partial charge in [-0.3, -0.25) is 9.10 Å². The molecule has 0 radical (unpaired) electrons. The molecule has 0 aliphatic rings. The summed E-state index contributed by atoms with van der Waals surface area (Å²) < 4.78 is 27.6. The summed E-state index contributed by atoms with van der Waals surface area (Å²) in [5, 5.41) is 2.95. The number of nitrogens with zero attached hydrogens (tertiary/aromatic N) is 1. The van der Waals surface area contributed by atoms with Gasteiger partial charge in [-0.25, -0.2) is 8.42 Å². The van der Waals surface area contributed by atoms with E-state index in [2.05, 4.69) is 5.32 Å². The van der Waals surface area contributed by atoms with Crippen LogP contribution in [0.5, 0.6) is 0 Å². The molecule has 7 heteroatoms. The fraction of sp³-hybridized carbons (Fsp3) is 0.0952. The second kappa shape index (κ2) is 8.46. The Morgan fingerprint density at radius 2 is 1.54 bits per heavy atom. The van der Waals surface area contributed by atoms with E-state index in [-0.39, 0.29) is 15.6 Å². The van der Waals surface area contributed by atoms with E-state index in [1.54, 1.807) is 60.7 Å². The predicted molar refractivity (Wildman–Crippen MR) is 112 cm³/mol. The lowest BCUT2D eigenvalue weighted by atomic mass is 10.2. The quantitative estimate of drug-likeness (QED) is 0.646. The molecule has 0 aliphatic heterocycles. The van der Waals surface area contributed by atoms with E-state index < -0.39 is 22.5 Å². The van der Waals surface area contributed by atoms with Crippen molar-refractivity contribution in [3.8, 4) is 0 Å². The van der Waals surface area contributed by atoms with E-state index in [9.17, 15) is 13.2 Å². The van der Waals surface area contributed by atoms with Gasteiger partial charge in [0.2, 0.25) is 5.91 Å². The van der Waals surface area contributed by atoms with Crippen LogP contribution in [0.3, 0.4) is 0 Å². The number of nitrogens with one attached hydrogen (secondary N) is 1. The number of hydrogen-bond acceptors (Lipinski definition) is 3. The number of sulfonamides is 1. The van der Waals surface area contributed by atoms with Crippen molar-refractivity contribution in [2.24, 2.45) is 0 Å². The van der Waals surface area contributed by atoms with E-state index in [0.29, 0.717) is 5.69 Å². The van der Waals surface area contributed by atoms with Gasteiger partial charge in [0, 0.05) is 5.69 Å². The van der Waals surface area contributed by atoms with Gasteiger partial charge in [0.25, 0.3) is 10.0 Å². The van der Waals surface area contributed by atoms with Gasteiger partial charge >= 0.3 is 0 Å². The smallest absolute Gasteiger partial charge is 0.264 e. The first-order valence-electron chi connectivity index (χ1n) is 8.57. The van der Waals surface area contributed by atoms with Crippen molar-refractivity contribution in [1.82, 2.24) is 0 Å². The van der Waals surface area contributed by atoms with Crippen LogP contribution in [0.25, 0.3) is 0 Å². The Kier molecular flexibility index (Phi) is 6.02. The lowest BCUT2D eigenvalue weighted by molar-refractivity contribution is -0.114. The molecular formula is C21H19ClN2O3S. The molecule has 3 rings (SSSR count). The molecule has 3 aromatic rings. The molecule has 0 atom stereocenters. The van der Waals surface area contributed by atoms with Crippen molar-refractivity contribution in [3.05, 3.63) is 89.4 Å². The Hall–Kier alpha value is -2.83. The number of hydrogen-bond donors (Lipinski definition) is 1. The standard InChI is InChI=1S/C21H19ClN2O3S/c1-16-11-13-18(14-12-16)28(26,27)24(20-10-6-5-9-19(20)22)15-21(25)23-17-7-3-2-4-8-17/h2-14H,15H2,1H3,(H,23,25). The van der Waals surface area contributed by atoms with Crippen molar-refractivity contribution in [3.63, 3.8) is 0 Å². The Morgan fingerprint density at radius 3 is 2.18 bits per heavy atom. The third kappa shape index (κ3) is 4.52. The van der Waals surface area contributed by atoms with Crippen molar-refractivity contribution in [2.45, 2.75) is 11.8 Å². The summed E-state index contributed by atoms with van der Waals surface area (Å²) in [6.45, 7) is 1.46. The Bertz CT molecular complexity index is 1070. The Balaban J connectivity index is 1.97. The summed E-state index contributed by atoms with van der Waals surface area (Å²) in [7, 11) is -3.99. The number of aryl methyl sites for hydroxylation is 1. The summed E-state index contributed by atoms with van der Waals surface area (Å²) in [5.41, 5.74) is 1.76. The van der Waals surface area contributed by atoms with E-state index in [1.165, 1.54) is 12.1 Å². The van der Waals surface area contributed by atoms with Crippen molar-refractivity contribution in [2.75, 3.05) is 16.2 Å². The van der Waals surface area contributed by atoms with Gasteiger partial charge in [0.1, 0.15) is 6.54 Å². The molecule has 28 heavy (non-hydrogen) atoms. The van der Waals surface area contributed by atoms with Crippen LogP contribution in [0.4, 0.5) is 11.4 Å². The first-order chi connectivity index (χ1) is 13.4. The molecule has 0 spiro atoms. The fourth-order valence-electron chi connectivity index (χ4n) is 2.64. The van der Waals surface area contributed by atoms with E-state index in [4.69, 9.17) is 11.6 Å². The maximum absolute atomic E-state index is 13.3. The van der Waals surface area contributed by atoms with Crippen molar-refractivity contribution < 1.29 is 13.2 Å². The summed E-state index contributed by atoms with van der Waals surface area (Å²) in [5.74, 6) is -0.471. The minimum atomic E-state index is -3.99. The molecule has 0 bridgehead atoms. The number of amides is 1. The summed E-state index contributed by atoms with van der Waals surface area (Å²) in [6.07, 6.45) is 0. The second-order valence-corrected chi connectivity index (χ2v) is 8.46. The topological polar surface area (TPSA) is 66.5 Å². The Labute approximate surface area is 169 Å². The van der Waals surface area contributed by atoms with Crippen LogP contribution in [0.2, 0.25) is 5.02 Å². The van der Waals surface area contributed by atoms with Crippen LogP contribution in [0.15, 0.2) is 83.8 Å². The van der Waals surface area contributed by atoms with E-state index >= 15 is 0 Å². The van der Waals surface area contributed by atoms with Crippen LogP contribution in [0, 0.1) is 6.92 Å². The molecule has 3 aromatic carbocycles. The number of anilines is 2. The second-order valence-electron chi connectivity index (χ2n) is 6.19. The first kappa shape index (κ1) is 19.9. The van der Waals surface area contributed by atoms with Crippen molar-refractivity contribution >= 4 is 38.9 Å². The van der Waals surface area contributed by atoms with Crippen molar-refractivity contribution in [1.29, 1.82) is 0 Å². The molecule has 0 fully saturated rings. The van der Waals surface area contributed by atoms with E-state index in [0.717, 1.165) is 9.87 Å². The zero-order valence-corrected chi connectivity index (χ0v) is 16.7. The molecular weight excluding hydrogens is 396 g/mol. The normalized spacial score (nSPS) is 11.1. The van der Waals surface area contributed by atoms with Gasteiger partial charge < -0.3 is 5.32 Å². The average Bonchev–Trinajstić information content (AvgIpc) is 2.68. The Morgan fingerprint density at radius 1 is 0.929 bits per heavy atom. The van der Waals surface area contributed by atoms with E-state index in [1.807, 2.05) is 13.0 Å². The average molecular weight is 415 g/mol. The van der Waals surface area contributed by atoms with Crippen LogP contribution in [-0.4, -0.2) is 20.9 Å². The highest BCUT2D eigenvalue weighted by molar-refractivity contribution is 7.92. The lowest BCUT2D eigenvalue weighted by Crippen LogP contribution is -2.38. The molecule has 1 amide bonds. The lowest BCUT2D eigenvalue weighted by Gasteiger charge is -2.25. The number of para-hydroxylation sites is 2. The molecule has 0 aliphatic carbocycles. The molecule has 0 saturated carbocycles. The summed E-state index contributed by atoms with van der Waals surface area (Å²) >= 11 is 6.24. The van der Waals surface area contributed by atoms with Gasteiger partial charge in [0.15, 0.2) is 0 Å². The highest BCUT2D eigenvalue weighted by atomic mass is 35.5. The number of carbonyl (C=O) groups excluding carboxylic acids is 1. The van der Waals surface area contributed by atoms with Crippen LogP contribution < -0.4 is 9.62 Å². The number of halogens is 1. The van der Waals surface area contributed by atoms with Crippen LogP contribution in [-0.2, 0) is 14.8 Å². The van der Waals surface area contributed by atoms with Gasteiger partial charge in [-0.05, 0) is 43.3 Å². The number of rotatable bonds is 6. The highest BCUT2D eigenvalue weighted by Gasteiger charge is 2.28. The largest absolute Gasteiger partial charge is 0.325 e. The minimum absolute atomic E-state index is 0.0885. The molecule has 1 N–H and O–H groups in total. The summed E-state index contributed by atoms with van der Waals surface area (Å²) in [6, 6.07) is 21.8. The van der Waals surface area contributed by atoms with Gasteiger partial charge in [0.05, 0.1) is 15.6 Å². The molecule has 0 saturated heterocycles. The van der Waals surface area contributed by atoms with Gasteiger partial charge in [-0.1, -0.05) is 59.6 Å². The molecule has 0 aromatic heterocycles. The number of benzene rings is 3. The predicted octanol–water partition coefficient (Wildman–Crippen LogP) is 4.48. The maximum atomic E-state index is 13.3. The third-order valence-electron chi connectivity index (χ3n) is 4.07. The first-order valence-corrected chi connectivity index (χ1v) is 10.4. The fourth-order valence-corrected chi connectivity index (χ4v) is 4.37. The summed E-state index contributed by atoms with van der Waals surface area (Å²) in [4.78, 5) is 12.7.